The molecule has 3 nitrogen and oxygen atoms in total. The van der Waals surface area contributed by atoms with Crippen molar-refractivity contribution in [1.82, 2.24) is 5.32 Å². The van der Waals surface area contributed by atoms with Crippen LogP contribution in [0.1, 0.15) is 45.2 Å². The van der Waals surface area contributed by atoms with Gasteiger partial charge in [0.05, 0.1) is 14.2 Å². The van der Waals surface area contributed by atoms with Crippen molar-refractivity contribution in [1.29, 1.82) is 0 Å². The van der Waals surface area contributed by atoms with Gasteiger partial charge in [-0.15, -0.1) is 0 Å². The van der Waals surface area contributed by atoms with E-state index in [2.05, 4.69) is 19.2 Å². The van der Waals surface area contributed by atoms with E-state index in [9.17, 15) is 4.39 Å². The van der Waals surface area contributed by atoms with Crippen LogP contribution >= 0.6 is 0 Å². The molecule has 4 heteroatoms. The molecule has 0 fully saturated rings. The highest BCUT2D eigenvalue weighted by atomic mass is 19.1. The zero-order chi connectivity index (χ0) is 15.1. The molecule has 0 radical (unpaired) electrons. The third-order valence-electron chi connectivity index (χ3n) is 3.36. The van der Waals surface area contributed by atoms with Crippen molar-refractivity contribution >= 4 is 0 Å². The van der Waals surface area contributed by atoms with Crippen molar-refractivity contribution in [3.8, 4) is 11.5 Å². The van der Waals surface area contributed by atoms with E-state index in [4.69, 9.17) is 9.47 Å². The van der Waals surface area contributed by atoms with Gasteiger partial charge >= 0.3 is 0 Å². The topological polar surface area (TPSA) is 30.5 Å². The summed E-state index contributed by atoms with van der Waals surface area (Å²) in [5, 5.41) is 3.35. The smallest absolute Gasteiger partial charge is 0.163 e. The molecule has 1 aromatic rings. The fraction of sp³-hybridized carbons (Fsp3) is 0.625. The Morgan fingerprint density at radius 3 is 2.20 bits per heavy atom. The minimum atomic E-state index is -0.252. The van der Waals surface area contributed by atoms with E-state index in [1.165, 1.54) is 13.2 Å². The van der Waals surface area contributed by atoms with Gasteiger partial charge < -0.3 is 14.8 Å². The molecule has 0 aliphatic rings. The summed E-state index contributed by atoms with van der Waals surface area (Å²) in [5.74, 6) is 1.33. The first-order valence-electron chi connectivity index (χ1n) is 7.18. The number of ether oxygens (including phenoxy) is 2. The Labute approximate surface area is 121 Å². The Hall–Kier alpha value is -1.29. The highest BCUT2D eigenvalue weighted by Crippen LogP contribution is 2.34. The van der Waals surface area contributed by atoms with Gasteiger partial charge in [-0.1, -0.05) is 20.8 Å². The van der Waals surface area contributed by atoms with Crippen molar-refractivity contribution in [2.45, 2.75) is 39.7 Å². The Bertz CT molecular complexity index is 421. The second-order valence-electron chi connectivity index (χ2n) is 5.31. The summed E-state index contributed by atoms with van der Waals surface area (Å²) >= 11 is 0. The molecular formula is C16H26FNO2. The monoisotopic (exact) mass is 283 g/mol. The fourth-order valence-electron chi connectivity index (χ4n) is 2.25. The van der Waals surface area contributed by atoms with Crippen LogP contribution in [-0.4, -0.2) is 20.8 Å². The Morgan fingerprint density at radius 1 is 1.10 bits per heavy atom. The zero-order valence-electron chi connectivity index (χ0n) is 13.1. The van der Waals surface area contributed by atoms with Crippen molar-refractivity contribution < 1.29 is 13.9 Å². The van der Waals surface area contributed by atoms with Gasteiger partial charge in [0.1, 0.15) is 5.82 Å². The maximum absolute atomic E-state index is 14.3. The van der Waals surface area contributed by atoms with Crippen LogP contribution in [0.25, 0.3) is 0 Å². The maximum Gasteiger partial charge on any atom is 0.163 e. The van der Waals surface area contributed by atoms with Crippen molar-refractivity contribution in [3.63, 3.8) is 0 Å². The van der Waals surface area contributed by atoms with Gasteiger partial charge in [0, 0.05) is 17.7 Å². The number of methoxy groups -OCH3 is 2. The Balaban J connectivity index is 3.05. The van der Waals surface area contributed by atoms with Gasteiger partial charge in [-0.25, -0.2) is 4.39 Å². The third kappa shape index (κ3) is 4.37. The number of benzene rings is 1. The predicted molar refractivity (Wildman–Crippen MR) is 80.0 cm³/mol. The molecule has 0 amide bonds. The van der Waals surface area contributed by atoms with E-state index < -0.39 is 0 Å². The van der Waals surface area contributed by atoms with E-state index in [1.54, 1.807) is 13.2 Å². The van der Waals surface area contributed by atoms with Crippen LogP contribution in [-0.2, 0) is 0 Å². The quantitative estimate of drug-likeness (QED) is 0.784. The van der Waals surface area contributed by atoms with Crippen molar-refractivity contribution in [3.05, 3.63) is 23.5 Å². The van der Waals surface area contributed by atoms with Crippen LogP contribution in [0.5, 0.6) is 11.5 Å². The van der Waals surface area contributed by atoms with Gasteiger partial charge in [0.25, 0.3) is 0 Å². The molecule has 1 unspecified atom stereocenters. The summed E-state index contributed by atoms with van der Waals surface area (Å²) in [4.78, 5) is 0. The molecule has 1 rings (SSSR count). The second-order valence-corrected chi connectivity index (χ2v) is 5.31. The number of rotatable bonds is 8. The second kappa shape index (κ2) is 8.10. The molecular weight excluding hydrogens is 257 g/mol. The normalized spacial score (nSPS) is 12.6. The molecule has 0 saturated heterocycles. The first-order chi connectivity index (χ1) is 9.53. The molecule has 1 aromatic carbocycles. The largest absolute Gasteiger partial charge is 0.493 e. The van der Waals surface area contributed by atoms with Crippen LogP contribution in [0.4, 0.5) is 4.39 Å². The predicted octanol–water partition coefficient (Wildman–Crippen LogP) is 3.93. The first-order valence-corrected chi connectivity index (χ1v) is 7.18. The summed E-state index contributed by atoms with van der Waals surface area (Å²) < 4.78 is 24.7. The van der Waals surface area contributed by atoms with Gasteiger partial charge in [0.15, 0.2) is 11.5 Å². The molecule has 0 heterocycles. The number of hydrogen-bond donors (Lipinski definition) is 1. The van der Waals surface area contributed by atoms with Crippen molar-refractivity contribution in [2.24, 2.45) is 5.92 Å². The van der Waals surface area contributed by atoms with Crippen LogP contribution in [0.2, 0.25) is 0 Å². The minimum Gasteiger partial charge on any atom is -0.493 e. The maximum atomic E-state index is 14.3. The average Bonchev–Trinajstić information content (AvgIpc) is 2.43. The minimum absolute atomic E-state index is 0.00204. The van der Waals surface area contributed by atoms with Crippen LogP contribution < -0.4 is 14.8 Å². The number of halogens is 1. The molecule has 1 atom stereocenters. The lowest BCUT2D eigenvalue weighted by atomic mass is 9.96. The number of hydrogen-bond acceptors (Lipinski definition) is 3. The van der Waals surface area contributed by atoms with Crippen LogP contribution in [0.3, 0.4) is 0 Å². The molecule has 0 aromatic heterocycles. The lowest BCUT2D eigenvalue weighted by molar-refractivity contribution is 0.349. The Kier molecular flexibility index (Phi) is 6.79. The van der Waals surface area contributed by atoms with E-state index >= 15 is 0 Å². The van der Waals surface area contributed by atoms with Gasteiger partial charge in [0.2, 0.25) is 0 Å². The number of nitrogens with one attached hydrogen (secondary N) is 1. The standard InChI is InChI=1S/C16H26FNO2/c1-6-18-14(8-7-11(2)3)12-9-15(19-4)16(20-5)10-13(12)17/h9-11,14,18H,6-8H2,1-5H3. The molecule has 1 N–H and O–H groups in total. The molecule has 0 spiro atoms. The fourth-order valence-corrected chi connectivity index (χ4v) is 2.25. The van der Waals surface area contributed by atoms with Crippen molar-refractivity contribution in [2.75, 3.05) is 20.8 Å². The molecule has 20 heavy (non-hydrogen) atoms. The van der Waals surface area contributed by atoms with Crippen LogP contribution in [0.15, 0.2) is 12.1 Å². The van der Waals surface area contributed by atoms with Gasteiger partial charge in [-0.05, 0) is 31.4 Å². The van der Waals surface area contributed by atoms with E-state index in [0.29, 0.717) is 23.0 Å². The van der Waals surface area contributed by atoms with E-state index in [1.807, 2.05) is 6.92 Å². The summed E-state index contributed by atoms with van der Waals surface area (Å²) in [6.07, 6.45) is 1.95. The zero-order valence-corrected chi connectivity index (χ0v) is 13.1. The van der Waals surface area contributed by atoms with Crippen LogP contribution in [0, 0.1) is 11.7 Å². The molecule has 0 bridgehead atoms. The SMILES string of the molecule is CCNC(CCC(C)C)c1cc(OC)c(OC)cc1F. The first kappa shape index (κ1) is 16.8. The Morgan fingerprint density at radius 2 is 1.70 bits per heavy atom. The molecule has 114 valence electrons. The summed E-state index contributed by atoms with van der Waals surface area (Å²) in [7, 11) is 3.08. The lowest BCUT2D eigenvalue weighted by Crippen LogP contribution is -2.22. The van der Waals surface area contributed by atoms with Gasteiger partial charge in [-0.3, -0.25) is 0 Å². The van der Waals surface area contributed by atoms with Gasteiger partial charge in [-0.2, -0.15) is 0 Å². The average molecular weight is 283 g/mol. The highest BCUT2D eigenvalue weighted by Gasteiger charge is 2.19. The highest BCUT2D eigenvalue weighted by molar-refractivity contribution is 5.44. The molecule has 0 aliphatic carbocycles. The summed E-state index contributed by atoms with van der Waals surface area (Å²) in [6.45, 7) is 7.18. The summed E-state index contributed by atoms with van der Waals surface area (Å²) in [5.41, 5.74) is 0.644. The lowest BCUT2D eigenvalue weighted by Gasteiger charge is -2.21. The van der Waals surface area contributed by atoms with E-state index in [0.717, 1.165) is 19.4 Å². The summed E-state index contributed by atoms with van der Waals surface area (Å²) in [6, 6.07) is 3.14. The third-order valence-corrected chi connectivity index (χ3v) is 3.36. The molecule has 0 aliphatic heterocycles. The molecule has 0 saturated carbocycles. The van der Waals surface area contributed by atoms with E-state index in [-0.39, 0.29) is 11.9 Å².